The van der Waals surface area contributed by atoms with E-state index in [2.05, 4.69) is 19.9 Å². The van der Waals surface area contributed by atoms with Gasteiger partial charge in [0, 0.05) is 0 Å². The number of para-hydroxylation sites is 1. The number of nitrogens with two attached hydrogens (primary N) is 1. The molecule has 4 aromatic rings. The van der Waals surface area contributed by atoms with E-state index in [1.807, 2.05) is 0 Å². The van der Waals surface area contributed by atoms with Gasteiger partial charge in [0.15, 0.2) is 23.9 Å². The van der Waals surface area contributed by atoms with E-state index in [1.165, 1.54) is 6.33 Å². The SMILES string of the molecule is Nc1nc(Cl)nc2c1ncn2[C@@H]1O[C@H](COC(Cc2nc3ccccc3s2)(C(=O)O)C(=O)O)[C@@H](O)[C@@H]1F. The number of hydrogen-bond acceptors (Lipinski definition) is 11. The second kappa shape index (κ2) is 9.42. The van der Waals surface area contributed by atoms with Gasteiger partial charge in [0.1, 0.15) is 17.7 Å². The fourth-order valence-electron chi connectivity index (χ4n) is 4.01. The average molecular weight is 553 g/mol. The molecule has 1 aliphatic rings. The summed E-state index contributed by atoms with van der Waals surface area (Å²) >= 11 is 6.96. The van der Waals surface area contributed by atoms with E-state index in [1.54, 1.807) is 24.3 Å². The van der Waals surface area contributed by atoms with E-state index in [0.717, 1.165) is 20.6 Å². The summed E-state index contributed by atoms with van der Waals surface area (Å²) in [7, 11) is 0. The zero-order valence-electron chi connectivity index (χ0n) is 18.6. The number of nitrogens with zero attached hydrogens (tertiary/aromatic N) is 5. The minimum atomic E-state index is -2.77. The number of nitrogen functional groups attached to an aromatic ring is 1. The smallest absolute Gasteiger partial charge is 0.348 e. The number of alkyl halides is 1. The number of benzene rings is 1. The molecule has 5 N–H and O–H groups in total. The van der Waals surface area contributed by atoms with Crippen molar-refractivity contribution >= 4 is 62.1 Å². The van der Waals surface area contributed by atoms with Crippen LogP contribution in [0.3, 0.4) is 0 Å². The second-order valence-corrected chi connectivity index (χ2v) is 9.66. The van der Waals surface area contributed by atoms with Crippen LogP contribution in [-0.2, 0) is 25.5 Å². The first-order valence-electron chi connectivity index (χ1n) is 10.7. The van der Waals surface area contributed by atoms with Crippen LogP contribution in [0.1, 0.15) is 11.2 Å². The van der Waals surface area contributed by atoms with Crippen molar-refractivity contribution < 1.29 is 38.8 Å². The van der Waals surface area contributed by atoms with Crippen molar-refractivity contribution in [3.63, 3.8) is 0 Å². The Labute approximate surface area is 215 Å². The number of aromatic nitrogens is 5. The number of aliphatic hydroxyl groups excluding tert-OH is 1. The van der Waals surface area contributed by atoms with E-state index in [4.69, 9.17) is 26.8 Å². The van der Waals surface area contributed by atoms with Gasteiger partial charge in [-0.1, -0.05) is 12.1 Å². The minimum absolute atomic E-state index is 0.0418. The Hall–Kier alpha value is -3.50. The number of hydrogen-bond donors (Lipinski definition) is 4. The molecule has 4 heterocycles. The van der Waals surface area contributed by atoms with Gasteiger partial charge in [0.05, 0.1) is 34.6 Å². The molecular formula is C21H18ClFN6O7S. The highest BCUT2D eigenvalue weighted by molar-refractivity contribution is 7.18. The van der Waals surface area contributed by atoms with Gasteiger partial charge in [-0.25, -0.2) is 23.9 Å². The predicted octanol–water partition coefficient (Wildman–Crippen LogP) is 1.44. The lowest BCUT2D eigenvalue weighted by molar-refractivity contribution is -0.189. The molecule has 0 saturated carbocycles. The summed E-state index contributed by atoms with van der Waals surface area (Å²) in [6.07, 6.45) is -6.16. The maximum atomic E-state index is 15.1. The summed E-state index contributed by atoms with van der Waals surface area (Å²) in [5, 5.41) is 30.1. The maximum Gasteiger partial charge on any atom is 0.348 e. The first-order chi connectivity index (χ1) is 17.6. The number of aliphatic carboxylic acids is 2. The lowest BCUT2D eigenvalue weighted by Gasteiger charge is -2.26. The summed E-state index contributed by atoms with van der Waals surface area (Å²) < 4.78 is 28.0. The van der Waals surface area contributed by atoms with Crippen molar-refractivity contribution in [2.24, 2.45) is 0 Å². The van der Waals surface area contributed by atoms with E-state index in [0.29, 0.717) is 5.52 Å². The average Bonchev–Trinajstić information content (AvgIpc) is 3.52. The topological polar surface area (TPSA) is 196 Å². The van der Waals surface area contributed by atoms with Crippen molar-refractivity contribution in [2.45, 2.75) is 36.6 Å². The number of rotatable bonds is 8. The molecule has 13 nitrogen and oxygen atoms in total. The molecule has 0 spiro atoms. The van der Waals surface area contributed by atoms with Crippen LogP contribution in [-0.4, -0.2) is 82.3 Å². The van der Waals surface area contributed by atoms with Gasteiger partial charge in [-0.3, -0.25) is 4.57 Å². The molecule has 0 bridgehead atoms. The van der Waals surface area contributed by atoms with Crippen LogP contribution in [0.5, 0.6) is 0 Å². The highest BCUT2D eigenvalue weighted by atomic mass is 35.5. The molecule has 0 radical (unpaired) electrons. The minimum Gasteiger partial charge on any atom is -0.479 e. The third-order valence-electron chi connectivity index (χ3n) is 5.91. The third-order valence-corrected chi connectivity index (χ3v) is 7.12. The van der Waals surface area contributed by atoms with Crippen LogP contribution in [0.15, 0.2) is 30.6 Å². The molecule has 0 amide bonds. The number of carboxylic acid groups (broad SMARTS) is 2. The molecule has 1 saturated heterocycles. The number of imidazole rings is 1. The summed E-state index contributed by atoms with van der Waals surface area (Å²) in [5.41, 5.74) is 3.74. The molecule has 5 rings (SSSR count). The third kappa shape index (κ3) is 4.34. The fraction of sp³-hybridized carbons (Fsp3) is 0.333. The number of aliphatic hydroxyl groups is 1. The van der Waals surface area contributed by atoms with Crippen LogP contribution in [0.2, 0.25) is 5.28 Å². The molecule has 1 aliphatic heterocycles. The lowest BCUT2D eigenvalue weighted by atomic mass is 10.00. The summed E-state index contributed by atoms with van der Waals surface area (Å²) in [4.78, 5) is 40.3. The van der Waals surface area contributed by atoms with Crippen LogP contribution in [0.4, 0.5) is 10.2 Å². The first-order valence-corrected chi connectivity index (χ1v) is 11.9. The summed E-state index contributed by atoms with van der Waals surface area (Å²) in [6, 6.07) is 6.97. The summed E-state index contributed by atoms with van der Waals surface area (Å²) in [6.45, 7) is -0.758. The lowest BCUT2D eigenvalue weighted by Crippen LogP contribution is -2.52. The number of carbonyl (C=O) groups is 2. The molecule has 1 fully saturated rings. The number of anilines is 1. The Kier molecular flexibility index (Phi) is 6.41. The van der Waals surface area contributed by atoms with Gasteiger partial charge in [-0.05, 0) is 23.7 Å². The molecule has 0 aliphatic carbocycles. The fourth-order valence-corrected chi connectivity index (χ4v) is 5.22. The van der Waals surface area contributed by atoms with E-state index < -0.39 is 55.2 Å². The zero-order valence-corrected chi connectivity index (χ0v) is 20.1. The van der Waals surface area contributed by atoms with Crippen molar-refractivity contribution in [1.82, 2.24) is 24.5 Å². The van der Waals surface area contributed by atoms with Gasteiger partial charge >= 0.3 is 11.9 Å². The van der Waals surface area contributed by atoms with Crippen molar-refractivity contribution in [3.05, 3.63) is 40.9 Å². The zero-order chi connectivity index (χ0) is 26.5. The van der Waals surface area contributed by atoms with Gasteiger partial charge in [0.2, 0.25) is 5.28 Å². The quantitative estimate of drug-likeness (QED) is 0.181. The maximum absolute atomic E-state index is 15.1. The number of halogens is 2. The Morgan fingerprint density at radius 1 is 1.24 bits per heavy atom. The highest BCUT2D eigenvalue weighted by Crippen LogP contribution is 2.36. The van der Waals surface area contributed by atoms with Crippen LogP contribution < -0.4 is 5.73 Å². The number of carboxylic acids is 2. The van der Waals surface area contributed by atoms with Gasteiger partial charge in [-0.15, -0.1) is 11.3 Å². The Bertz CT molecular complexity index is 1470. The van der Waals surface area contributed by atoms with Crippen LogP contribution in [0.25, 0.3) is 21.4 Å². The number of ether oxygens (including phenoxy) is 2. The monoisotopic (exact) mass is 552 g/mol. The molecule has 16 heteroatoms. The standard InChI is InChI=1S/C21H18ClFN6O7S/c22-20-27-15(24)13-16(28-20)29(7-25-13)17-12(23)14(30)9(36-17)6-35-21(18(31)32,19(33)34)5-11-26-8-3-1-2-4-10(8)37-11/h1-4,7,9,12,14,17,30H,5-6H2,(H,31,32)(H,33,34)(H2,24,27,28)/t9-,12+,14-,17-/m1/s1. The van der Waals surface area contributed by atoms with Crippen LogP contribution in [0, 0.1) is 0 Å². The number of fused-ring (bicyclic) bond motifs is 2. The molecule has 194 valence electrons. The molecular weight excluding hydrogens is 535 g/mol. The molecule has 4 atom stereocenters. The van der Waals surface area contributed by atoms with E-state index in [-0.39, 0.29) is 27.3 Å². The number of thiazole rings is 1. The van der Waals surface area contributed by atoms with Gasteiger partial charge in [0.25, 0.3) is 5.60 Å². The van der Waals surface area contributed by atoms with E-state index in [9.17, 15) is 24.9 Å². The first kappa shape index (κ1) is 25.2. The van der Waals surface area contributed by atoms with Gasteiger partial charge < -0.3 is 30.5 Å². The van der Waals surface area contributed by atoms with Crippen molar-refractivity contribution in [1.29, 1.82) is 0 Å². The molecule has 0 unspecified atom stereocenters. The molecule has 3 aromatic heterocycles. The van der Waals surface area contributed by atoms with Crippen molar-refractivity contribution in [2.75, 3.05) is 12.3 Å². The highest BCUT2D eigenvalue weighted by Gasteiger charge is 2.52. The largest absolute Gasteiger partial charge is 0.479 e. The van der Waals surface area contributed by atoms with Crippen LogP contribution >= 0.6 is 22.9 Å². The Balaban J connectivity index is 1.39. The predicted molar refractivity (Wildman–Crippen MR) is 127 cm³/mol. The second-order valence-electron chi connectivity index (χ2n) is 8.20. The summed E-state index contributed by atoms with van der Waals surface area (Å²) in [5.74, 6) is -3.63. The Morgan fingerprint density at radius 2 is 1.97 bits per heavy atom. The molecule has 37 heavy (non-hydrogen) atoms. The van der Waals surface area contributed by atoms with Gasteiger partial charge in [-0.2, -0.15) is 9.97 Å². The Morgan fingerprint density at radius 3 is 2.68 bits per heavy atom. The van der Waals surface area contributed by atoms with Crippen molar-refractivity contribution in [3.8, 4) is 0 Å². The normalized spacial score (nSPS) is 22.1. The van der Waals surface area contributed by atoms with E-state index >= 15 is 4.39 Å². The molecule has 1 aromatic carbocycles.